The molecule has 0 aliphatic rings. The minimum absolute atomic E-state index is 0.740. The number of nitrogen functional groups attached to an aromatic ring is 1. The van der Waals surface area contributed by atoms with Crippen LogP contribution in [0.15, 0.2) is 18.2 Å². The second-order valence-corrected chi connectivity index (χ2v) is 4.54. The molecule has 0 fully saturated rings. The molecule has 0 spiro atoms. The van der Waals surface area contributed by atoms with Crippen LogP contribution >= 0.6 is 0 Å². The molecule has 0 amide bonds. The van der Waals surface area contributed by atoms with Crippen LogP contribution in [0.5, 0.6) is 5.75 Å². The van der Waals surface area contributed by atoms with Crippen molar-refractivity contribution in [3.63, 3.8) is 0 Å². The molecular weight excluding hydrogens is 224 g/mol. The fourth-order valence-corrected chi connectivity index (χ4v) is 1.91. The standard InChI is InChI=1S/C15H26N2O/c1-4-7-8-17(6-3)14-10-13(16)11-15(12-14)18-9-5-2/h10-12H,4-9,16H2,1-3H3. The van der Waals surface area contributed by atoms with E-state index in [1.54, 1.807) is 0 Å². The molecule has 0 aromatic heterocycles. The number of anilines is 2. The Balaban J connectivity index is 2.81. The summed E-state index contributed by atoms with van der Waals surface area (Å²) in [7, 11) is 0. The van der Waals surface area contributed by atoms with Crippen LogP contribution in [-0.2, 0) is 0 Å². The Bertz CT molecular complexity index is 352. The molecule has 3 heteroatoms. The Hall–Kier alpha value is -1.38. The Morgan fingerprint density at radius 2 is 1.89 bits per heavy atom. The Labute approximate surface area is 111 Å². The van der Waals surface area contributed by atoms with Crippen LogP contribution in [-0.4, -0.2) is 19.7 Å². The maximum absolute atomic E-state index is 5.95. The zero-order chi connectivity index (χ0) is 13.4. The minimum atomic E-state index is 0.740. The summed E-state index contributed by atoms with van der Waals surface area (Å²) in [6.07, 6.45) is 3.42. The van der Waals surface area contributed by atoms with Crippen LogP contribution in [0.3, 0.4) is 0 Å². The largest absolute Gasteiger partial charge is 0.493 e. The zero-order valence-electron chi connectivity index (χ0n) is 11.9. The van der Waals surface area contributed by atoms with Gasteiger partial charge in [0.15, 0.2) is 0 Å². The first kappa shape index (κ1) is 14.7. The minimum Gasteiger partial charge on any atom is -0.493 e. The SMILES string of the molecule is CCCCN(CC)c1cc(N)cc(OCCC)c1. The summed E-state index contributed by atoms with van der Waals surface area (Å²) < 4.78 is 5.67. The molecule has 0 atom stereocenters. The van der Waals surface area contributed by atoms with E-state index in [1.807, 2.05) is 12.1 Å². The second kappa shape index (κ2) is 7.85. The van der Waals surface area contributed by atoms with E-state index < -0.39 is 0 Å². The van der Waals surface area contributed by atoms with E-state index in [0.29, 0.717) is 0 Å². The molecule has 1 aromatic rings. The molecule has 0 saturated heterocycles. The van der Waals surface area contributed by atoms with Gasteiger partial charge in [-0.2, -0.15) is 0 Å². The van der Waals surface area contributed by atoms with Gasteiger partial charge in [-0.15, -0.1) is 0 Å². The Kier molecular flexibility index (Phi) is 6.40. The number of unbranched alkanes of at least 4 members (excludes halogenated alkanes) is 1. The third-order valence-corrected chi connectivity index (χ3v) is 2.91. The summed E-state index contributed by atoms with van der Waals surface area (Å²) in [5, 5.41) is 0. The highest BCUT2D eigenvalue weighted by Crippen LogP contribution is 2.26. The number of hydrogen-bond donors (Lipinski definition) is 1. The summed E-state index contributed by atoms with van der Waals surface area (Å²) >= 11 is 0. The van der Waals surface area contributed by atoms with Gasteiger partial charge < -0.3 is 15.4 Å². The van der Waals surface area contributed by atoms with Crippen LogP contribution in [0.2, 0.25) is 0 Å². The van der Waals surface area contributed by atoms with Crippen molar-refractivity contribution >= 4 is 11.4 Å². The van der Waals surface area contributed by atoms with E-state index in [9.17, 15) is 0 Å². The Morgan fingerprint density at radius 1 is 1.11 bits per heavy atom. The molecule has 1 rings (SSSR count). The molecule has 1 aromatic carbocycles. The van der Waals surface area contributed by atoms with Crippen molar-refractivity contribution in [2.24, 2.45) is 0 Å². The van der Waals surface area contributed by atoms with Crippen molar-refractivity contribution in [3.05, 3.63) is 18.2 Å². The van der Waals surface area contributed by atoms with Gasteiger partial charge in [0.2, 0.25) is 0 Å². The van der Waals surface area contributed by atoms with E-state index in [2.05, 4.69) is 31.7 Å². The first-order valence-corrected chi connectivity index (χ1v) is 6.99. The van der Waals surface area contributed by atoms with Crippen molar-refractivity contribution in [2.45, 2.75) is 40.0 Å². The van der Waals surface area contributed by atoms with Gasteiger partial charge in [-0.3, -0.25) is 0 Å². The molecule has 3 nitrogen and oxygen atoms in total. The van der Waals surface area contributed by atoms with Crippen molar-refractivity contribution in [1.82, 2.24) is 0 Å². The lowest BCUT2D eigenvalue weighted by molar-refractivity contribution is 0.317. The highest BCUT2D eigenvalue weighted by atomic mass is 16.5. The number of nitrogens with two attached hydrogens (primary N) is 1. The molecule has 0 bridgehead atoms. The van der Waals surface area contributed by atoms with Crippen LogP contribution in [0, 0.1) is 0 Å². The average molecular weight is 250 g/mol. The van der Waals surface area contributed by atoms with Crippen LogP contribution in [0.25, 0.3) is 0 Å². The predicted molar refractivity (Wildman–Crippen MR) is 79.4 cm³/mol. The van der Waals surface area contributed by atoms with Crippen LogP contribution < -0.4 is 15.4 Å². The van der Waals surface area contributed by atoms with E-state index in [-0.39, 0.29) is 0 Å². The quantitative estimate of drug-likeness (QED) is 0.715. The lowest BCUT2D eigenvalue weighted by Crippen LogP contribution is -2.23. The number of ether oxygens (including phenoxy) is 1. The topological polar surface area (TPSA) is 38.5 Å². The summed E-state index contributed by atoms with van der Waals surface area (Å²) in [5.41, 5.74) is 7.88. The normalized spacial score (nSPS) is 10.4. The van der Waals surface area contributed by atoms with Gasteiger partial charge in [-0.05, 0) is 25.8 Å². The van der Waals surface area contributed by atoms with E-state index in [0.717, 1.165) is 43.2 Å². The van der Waals surface area contributed by atoms with Gasteiger partial charge in [-0.25, -0.2) is 0 Å². The smallest absolute Gasteiger partial charge is 0.123 e. The summed E-state index contributed by atoms with van der Waals surface area (Å²) in [6.45, 7) is 9.30. The molecule has 0 radical (unpaired) electrons. The first-order chi connectivity index (χ1) is 8.71. The highest BCUT2D eigenvalue weighted by Gasteiger charge is 2.06. The molecule has 0 aliphatic heterocycles. The van der Waals surface area contributed by atoms with Gasteiger partial charge in [0.05, 0.1) is 6.61 Å². The summed E-state index contributed by atoms with van der Waals surface area (Å²) in [5.74, 6) is 0.877. The zero-order valence-corrected chi connectivity index (χ0v) is 11.9. The average Bonchev–Trinajstić information content (AvgIpc) is 2.37. The monoisotopic (exact) mass is 250 g/mol. The molecule has 18 heavy (non-hydrogen) atoms. The molecular formula is C15H26N2O. The summed E-state index contributed by atoms with van der Waals surface area (Å²) in [6, 6.07) is 6.01. The molecule has 2 N–H and O–H groups in total. The lowest BCUT2D eigenvalue weighted by atomic mass is 10.2. The van der Waals surface area contributed by atoms with Crippen molar-refractivity contribution < 1.29 is 4.74 Å². The van der Waals surface area contributed by atoms with Gasteiger partial charge in [0.1, 0.15) is 5.75 Å². The van der Waals surface area contributed by atoms with Crippen molar-refractivity contribution in [2.75, 3.05) is 30.3 Å². The molecule has 102 valence electrons. The fourth-order valence-electron chi connectivity index (χ4n) is 1.91. The van der Waals surface area contributed by atoms with Gasteiger partial charge in [-0.1, -0.05) is 20.3 Å². The number of benzene rings is 1. The molecule has 0 unspecified atom stereocenters. The fraction of sp³-hybridized carbons (Fsp3) is 0.600. The number of nitrogens with zero attached hydrogens (tertiary/aromatic N) is 1. The summed E-state index contributed by atoms with van der Waals surface area (Å²) in [4.78, 5) is 2.35. The van der Waals surface area contributed by atoms with Crippen LogP contribution in [0.1, 0.15) is 40.0 Å². The maximum atomic E-state index is 5.95. The van der Waals surface area contributed by atoms with E-state index >= 15 is 0 Å². The van der Waals surface area contributed by atoms with E-state index in [1.165, 1.54) is 12.8 Å². The molecule has 0 heterocycles. The first-order valence-electron chi connectivity index (χ1n) is 6.99. The lowest BCUT2D eigenvalue weighted by Gasteiger charge is -2.24. The van der Waals surface area contributed by atoms with Gasteiger partial charge in [0.25, 0.3) is 0 Å². The number of rotatable bonds is 8. The predicted octanol–water partition coefficient (Wildman–Crippen LogP) is 3.68. The molecule has 0 saturated carbocycles. The van der Waals surface area contributed by atoms with Crippen molar-refractivity contribution in [3.8, 4) is 5.75 Å². The van der Waals surface area contributed by atoms with Gasteiger partial charge >= 0.3 is 0 Å². The van der Waals surface area contributed by atoms with E-state index in [4.69, 9.17) is 10.5 Å². The van der Waals surface area contributed by atoms with Gasteiger partial charge in [0, 0.05) is 36.6 Å². The maximum Gasteiger partial charge on any atom is 0.123 e. The van der Waals surface area contributed by atoms with Crippen molar-refractivity contribution in [1.29, 1.82) is 0 Å². The Morgan fingerprint density at radius 3 is 2.50 bits per heavy atom. The second-order valence-electron chi connectivity index (χ2n) is 4.54. The highest BCUT2D eigenvalue weighted by molar-refractivity contribution is 5.60. The number of hydrogen-bond acceptors (Lipinski definition) is 3. The molecule has 0 aliphatic carbocycles. The third kappa shape index (κ3) is 4.47. The third-order valence-electron chi connectivity index (χ3n) is 2.91. The van der Waals surface area contributed by atoms with Crippen LogP contribution in [0.4, 0.5) is 11.4 Å².